The van der Waals surface area contributed by atoms with E-state index in [9.17, 15) is 4.79 Å². The number of ether oxygens (including phenoxy) is 1. The number of benzene rings is 1. The molecule has 1 heterocycles. The summed E-state index contributed by atoms with van der Waals surface area (Å²) in [6.45, 7) is 0. The highest BCUT2D eigenvalue weighted by atomic mass is 32.1. The van der Waals surface area contributed by atoms with E-state index in [-0.39, 0.29) is 5.56 Å². The fraction of sp³-hybridized carbons (Fsp3) is 0.0769. The number of carboxylic acid groups (broad SMARTS) is 1. The Labute approximate surface area is 108 Å². The van der Waals surface area contributed by atoms with Gasteiger partial charge in [0.05, 0.1) is 24.3 Å². The molecule has 0 fully saturated rings. The number of thiophene rings is 1. The molecule has 5 heteroatoms. The van der Waals surface area contributed by atoms with Crippen molar-refractivity contribution in [3.63, 3.8) is 0 Å². The average Bonchev–Trinajstić information content (AvgIpc) is 2.87. The van der Waals surface area contributed by atoms with Gasteiger partial charge in [-0.3, -0.25) is 0 Å². The zero-order chi connectivity index (χ0) is 13.1. The van der Waals surface area contributed by atoms with Crippen LogP contribution in [0, 0.1) is 11.3 Å². The summed E-state index contributed by atoms with van der Waals surface area (Å²) in [6, 6.07) is 8.68. The quantitative estimate of drug-likeness (QED) is 0.919. The molecule has 2 aromatic rings. The topological polar surface area (TPSA) is 70.3 Å². The zero-order valence-corrected chi connectivity index (χ0v) is 10.3. The Morgan fingerprint density at radius 2 is 2.22 bits per heavy atom. The van der Waals surface area contributed by atoms with Gasteiger partial charge in [-0.05, 0) is 24.3 Å². The third-order valence-electron chi connectivity index (χ3n) is 2.44. The second-order valence-electron chi connectivity index (χ2n) is 3.53. The van der Waals surface area contributed by atoms with Crippen LogP contribution in [-0.2, 0) is 0 Å². The Bertz CT molecular complexity index is 640. The second-order valence-corrected chi connectivity index (χ2v) is 4.44. The fourth-order valence-electron chi connectivity index (χ4n) is 1.56. The van der Waals surface area contributed by atoms with Gasteiger partial charge < -0.3 is 9.84 Å². The van der Waals surface area contributed by atoms with E-state index < -0.39 is 5.97 Å². The maximum Gasteiger partial charge on any atom is 0.336 e. The van der Waals surface area contributed by atoms with Crippen LogP contribution in [0.15, 0.2) is 29.6 Å². The van der Waals surface area contributed by atoms with Crippen LogP contribution in [0.1, 0.15) is 15.9 Å². The fourth-order valence-corrected chi connectivity index (χ4v) is 2.46. The first-order valence-corrected chi connectivity index (χ1v) is 5.94. The molecule has 0 saturated carbocycles. The monoisotopic (exact) mass is 259 g/mol. The molecule has 1 N–H and O–H groups in total. The van der Waals surface area contributed by atoms with Gasteiger partial charge >= 0.3 is 5.97 Å². The first kappa shape index (κ1) is 12.1. The molecular formula is C13H9NO3S. The van der Waals surface area contributed by atoms with E-state index >= 15 is 0 Å². The zero-order valence-electron chi connectivity index (χ0n) is 9.51. The van der Waals surface area contributed by atoms with Crippen LogP contribution in [0.4, 0.5) is 0 Å². The number of carbonyl (C=O) groups is 1. The summed E-state index contributed by atoms with van der Waals surface area (Å²) in [5.41, 5.74) is 1.48. The Morgan fingerprint density at radius 1 is 1.44 bits per heavy atom. The highest BCUT2D eigenvalue weighted by Gasteiger charge is 2.12. The van der Waals surface area contributed by atoms with Crippen molar-refractivity contribution in [1.29, 1.82) is 5.26 Å². The van der Waals surface area contributed by atoms with E-state index in [4.69, 9.17) is 15.1 Å². The summed E-state index contributed by atoms with van der Waals surface area (Å²) in [6.07, 6.45) is 0. The van der Waals surface area contributed by atoms with Gasteiger partial charge in [0.25, 0.3) is 0 Å². The van der Waals surface area contributed by atoms with Gasteiger partial charge in [-0.2, -0.15) is 5.26 Å². The predicted octanol–water partition coefficient (Wildman–Crippen LogP) is 2.99. The van der Waals surface area contributed by atoms with E-state index in [1.165, 1.54) is 18.4 Å². The van der Waals surface area contributed by atoms with Gasteiger partial charge in [-0.1, -0.05) is 0 Å². The van der Waals surface area contributed by atoms with Crippen molar-refractivity contribution in [3.05, 3.63) is 40.8 Å². The number of nitriles is 1. The lowest BCUT2D eigenvalue weighted by molar-refractivity contribution is 0.0697. The molecule has 1 aromatic carbocycles. The van der Waals surface area contributed by atoms with Gasteiger partial charge in [0.2, 0.25) is 0 Å². The lowest BCUT2D eigenvalue weighted by Crippen LogP contribution is -1.92. The first-order chi connectivity index (χ1) is 8.65. The van der Waals surface area contributed by atoms with Crippen molar-refractivity contribution >= 4 is 17.3 Å². The molecule has 18 heavy (non-hydrogen) atoms. The molecule has 0 amide bonds. The van der Waals surface area contributed by atoms with Crippen LogP contribution in [0.5, 0.6) is 5.75 Å². The van der Waals surface area contributed by atoms with E-state index in [0.717, 1.165) is 10.4 Å². The van der Waals surface area contributed by atoms with E-state index in [0.29, 0.717) is 11.3 Å². The molecule has 0 spiro atoms. The van der Waals surface area contributed by atoms with Gasteiger partial charge in [-0.25, -0.2) is 4.79 Å². The van der Waals surface area contributed by atoms with Crippen molar-refractivity contribution in [2.45, 2.75) is 0 Å². The number of methoxy groups -OCH3 is 1. The molecule has 0 aliphatic heterocycles. The van der Waals surface area contributed by atoms with Crippen molar-refractivity contribution in [2.75, 3.05) is 7.11 Å². The van der Waals surface area contributed by atoms with Gasteiger partial charge in [0, 0.05) is 15.8 Å². The minimum atomic E-state index is -0.965. The molecule has 2 rings (SSSR count). The van der Waals surface area contributed by atoms with E-state index in [2.05, 4.69) is 6.07 Å². The average molecular weight is 259 g/mol. The number of nitrogens with zero attached hydrogens (tertiary/aromatic N) is 1. The van der Waals surface area contributed by atoms with Crippen LogP contribution >= 0.6 is 11.3 Å². The van der Waals surface area contributed by atoms with Crippen molar-refractivity contribution in [2.24, 2.45) is 0 Å². The largest absolute Gasteiger partial charge is 0.496 e. The molecule has 0 saturated heterocycles. The van der Waals surface area contributed by atoms with Crippen molar-refractivity contribution < 1.29 is 14.6 Å². The normalized spacial score (nSPS) is 9.78. The highest BCUT2D eigenvalue weighted by molar-refractivity contribution is 7.13. The lowest BCUT2D eigenvalue weighted by atomic mass is 10.1. The number of hydrogen-bond acceptors (Lipinski definition) is 4. The SMILES string of the molecule is COc1ccc(C#N)cc1-c1cc(C(=O)O)cs1. The van der Waals surface area contributed by atoms with Gasteiger partial charge in [0.15, 0.2) is 0 Å². The maximum atomic E-state index is 10.8. The highest BCUT2D eigenvalue weighted by Crippen LogP contribution is 2.35. The molecule has 0 aliphatic rings. The summed E-state index contributed by atoms with van der Waals surface area (Å²) < 4.78 is 5.22. The van der Waals surface area contributed by atoms with Crippen LogP contribution in [0.3, 0.4) is 0 Å². The Morgan fingerprint density at radius 3 is 2.78 bits per heavy atom. The number of aromatic carboxylic acids is 1. The standard InChI is InChI=1S/C13H9NO3S/c1-17-11-3-2-8(6-14)4-10(11)12-5-9(7-18-12)13(15)16/h2-5,7H,1H3,(H,15,16). The molecule has 0 bridgehead atoms. The summed E-state index contributed by atoms with van der Waals surface area (Å²) >= 11 is 1.31. The van der Waals surface area contributed by atoms with Crippen LogP contribution in [-0.4, -0.2) is 18.2 Å². The first-order valence-electron chi connectivity index (χ1n) is 5.06. The van der Waals surface area contributed by atoms with E-state index in [1.807, 2.05) is 0 Å². The molecule has 4 nitrogen and oxygen atoms in total. The molecule has 1 aromatic heterocycles. The minimum absolute atomic E-state index is 0.236. The second kappa shape index (κ2) is 4.90. The number of hydrogen-bond donors (Lipinski definition) is 1. The third-order valence-corrected chi connectivity index (χ3v) is 3.40. The van der Waals surface area contributed by atoms with Gasteiger partial charge in [-0.15, -0.1) is 11.3 Å². The Balaban J connectivity index is 2.54. The predicted molar refractivity (Wildman–Crippen MR) is 68.0 cm³/mol. The number of carboxylic acids is 1. The molecule has 0 radical (unpaired) electrons. The summed E-state index contributed by atoms with van der Waals surface area (Å²) in [5, 5.41) is 19.3. The Hall–Kier alpha value is -2.32. The minimum Gasteiger partial charge on any atom is -0.496 e. The van der Waals surface area contributed by atoms with Crippen LogP contribution in [0.2, 0.25) is 0 Å². The maximum absolute atomic E-state index is 10.8. The number of rotatable bonds is 3. The smallest absolute Gasteiger partial charge is 0.336 e. The van der Waals surface area contributed by atoms with Crippen LogP contribution < -0.4 is 4.74 Å². The Kier molecular flexibility index (Phi) is 3.31. The summed E-state index contributed by atoms with van der Waals surface area (Å²) in [4.78, 5) is 11.6. The molecular weight excluding hydrogens is 250 g/mol. The molecule has 0 unspecified atom stereocenters. The summed E-state index contributed by atoms with van der Waals surface area (Å²) in [5.74, 6) is -0.347. The molecule has 0 aliphatic carbocycles. The lowest BCUT2D eigenvalue weighted by Gasteiger charge is -2.06. The van der Waals surface area contributed by atoms with Crippen molar-refractivity contribution in [3.8, 4) is 22.3 Å². The van der Waals surface area contributed by atoms with Gasteiger partial charge in [0.1, 0.15) is 5.75 Å². The third kappa shape index (κ3) is 2.19. The molecule has 0 atom stereocenters. The summed E-state index contributed by atoms with van der Waals surface area (Å²) in [7, 11) is 1.54. The van der Waals surface area contributed by atoms with Crippen LogP contribution in [0.25, 0.3) is 10.4 Å². The van der Waals surface area contributed by atoms with Crippen molar-refractivity contribution in [1.82, 2.24) is 0 Å². The van der Waals surface area contributed by atoms with E-state index in [1.54, 1.807) is 29.6 Å². The molecule has 90 valence electrons.